The summed E-state index contributed by atoms with van der Waals surface area (Å²) in [4.78, 5) is 21.6. The van der Waals surface area contributed by atoms with Crippen molar-refractivity contribution in [3.63, 3.8) is 0 Å². The zero-order valence-electron chi connectivity index (χ0n) is 11.4. The molecule has 1 aliphatic rings. The first-order valence-corrected chi connectivity index (χ1v) is 7.36. The van der Waals surface area contributed by atoms with Gasteiger partial charge in [-0.25, -0.2) is 4.98 Å². The van der Waals surface area contributed by atoms with E-state index in [0.717, 1.165) is 30.9 Å². The first-order chi connectivity index (χ1) is 9.09. The molecule has 1 unspecified atom stereocenters. The van der Waals surface area contributed by atoms with Crippen LogP contribution in [0.5, 0.6) is 0 Å². The number of aromatic amines is 1. The molecule has 2 aromatic rings. The van der Waals surface area contributed by atoms with Crippen LogP contribution in [0.4, 0.5) is 0 Å². The van der Waals surface area contributed by atoms with Crippen molar-refractivity contribution >= 4 is 34.0 Å². The SMILES string of the molecule is CC1(CN)CCN(Cc2nc3ccsc3c(=O)[nH]2)C1.Cl. The third kappa shape index (κ3) is 2.88. The Labute approximate surface area is 127 Å². The van der Waals surface area contributed by atoms with E-state index in [-0.39, 0.29) is 23.4 Å². The van der Waals surface area contributed by atoms with E-state index in [1.54, 1.807) is 0 Å². The number of nitrogens with zero attached hydrogens (tertiary/aromatic N) is 2. The zero-order chi connectivity index (χ0) is 13.5. The van der Waals surface area contributed by atoms with Crippen LogP contribution in [0.25, 0.3) is 10.2 Å². The molecule has 1 atom stereocenters. The molecule has 3 N–H and O–H groups in total. The molecule has 1 saturated heterocycles. The topological polar surface area (TPSA) is 75.0 Å². The van der Waals surface area contributed by atoms with Crippen LogP contribution in [0.2, 0.25) is 0 Å². The number of hydrogen-bond donors (Lipinski definition) is 2. The van der Waals surface area contributed by atoms with Gasteiger partial charge in [-0.3, -0.25) is 9.69 Å². The van der Waals surface area contributed by atoms with Gasteiger partial charge in [0.25, 0.3) is 5.56 Å². The Morgan fingerprint density at radius 2 is 2.40 bits per heavy atom. The van der Waals surface area contributed by atoms with Crippen molar-refractivity contribution in [2.24, 2.45) is 11.1 Å². The van der Waals surface area contributed by atoms with E-state index >= 15 is 0 Å². The van der Waals surface area contributed by atoms with Crippen LogP contribution in [0.15, 0.2) is 16.2 Å². The highest BCUT2D eigenvalue weighted by atomic mass is 35.5. The number of thiophene rings is 1. The van der Waals surface area contributed by atoms with Crippen molar-refractivity contribution in [3.05, 3.63) is 27.6 Å². The fourth-order valence-electron chi connectivity index (χ4n) is 2.64. The molecule has 0 bridgehead atoms. The lowest BCUT2D eigenvalue weighted by Gasteiger charge is -2.22. The van der Waals surface area contributed by atoms with E-state index in [4.69, 9.17) is 5.73 Å². The molecule has 0 aromatic carbocycles. The summed E-state index contributed by atoms with van der Waals surface area (Å²) >= 11 is 1.43. The number of nitrogens with one attached hydrogen (secondary N) is 1. The van der Waals surface area contributed by atoms with Crippen LogP contribution in [0.3, 0.4) is 0 Å². The van der Waals surface area contributed by atoms with E-state index in [0.29, 0.717) is 17.8 Å². The van der Waals surface area contributed by atoms with Gasteiger partial charge in [0.2, 0.25) is 0 Å². The maximum absolute atomic E-state index is 11.9. The molecule has 0 saturated carbocycles. The van der Waals surface area contributed by atoms with Crippen molar-refractivity contribution in [2.75, 3.05) is 19.6 Å². The van der Waals surface area contributed by atoms with Crippen LogP contribution < -0.4 is 11.3 Å². The Hall–Kier alpha value is -0.950. The number of fused-ring (bicyclic) bond motifs is 1. The number of nitrogens with two attached hydrogens (primary N) is 1. The Kier molecular flexibility index (Phi) is 4.49. The predicted octanol–water partition coefficient (Wildman–Crippen LogP) is 1.58. The summed E-state index contributed by atoms with van der Waals surface area (Å²) in [7, 11) is 0. The summed E-state index contributed by atoms with van der Waals surface area (Å²) in [5.74, 6) is 0.747. The van der Waals surface area contributed by atoms with Gasteiger partial charge in [-0.15, -0.1) is 23.7 Å². The molecule has 7 heteroatoms. The molecule has 1 aliphatic heterocycles. The average molecular weight is 315 g/mol. The lowest BCUT2D eigenvalue weighted by molar-refractivity contribution is 0.269. The quantitative estimate of drug-likeness (QED) is 0.902. The fourth-order valence-corrected chi connectivity index (χ4v) is 3.36. The predicted molar refractivity (Wildman–Crippen MR) is 84.5 cm³/mol. The number of likely N-dealkylation sites (tertiary alicyclic amines) is 1. The van der Waals surface area contributed by atoms with Crippen molar-refractivity contribution in [3.8, 4) is 0 Å². The molecule has 110 valence electrons. The summed E-state index contributed by atoms with van der Waals surface area (Å²) < 4.78 is 0.706. The van der Waals surface area contributed by atoms with Gasteiger partial charge in [-0.2, -0.15) is 0 Å². The third-order valence-electron chi connectivity index (χ3n) is 3.87. The van der Waals surface area contributed by atoms with Gasteiger partial charge in [0.15, 0.2) is 0 Å². The molecular weight excluding hydrogens is 296 g/mol. The lowest BCUT2D eigenvalue weighted by atomic mass is 9.90. The second kappa shape index (κ2) is 5.81. The second-order valence-electron chi connectivity index (χ2n) is 5.62. The van der Waals surface area contributed by atoms with Gasteiger partial charge < -0.3 is 10.7 Å². The summed E-state index contributed by atoms with van der Waals surface area (Å²) in [6.07, 6.45) is 1.11. The van der Waals surface area contributed by atoms with Crippen LogP contribution in [-0.2, 0) is 6.54 Å². The Morgan fingerprint density at radius 3 is 3.10 bits per heavy atom. The third-order valence-corrected chi connectivity index (χ3v) is 4.77. The Morgan fingerprint density at radius 1 is 1.60 bits per heavy atom. The van der Waals surface area contributed by atoms with Crippen molar-refractivity contribution in [1.82, 2.24) is 14.9 Å². The molecule has 20 heavy (non-hydrogen) atoms. The van der Waals surface area contributed by atoms with E-state index in [9.17, 15) is 4.79 Å². The smallest absolute Gasteiger partial charge is 0.268 e. The Balaban J connectivity index is 0.00000147. The highest BCUT2D eigenvalue weighted by Gasteiger charge is 2.32. The zero-order valence-corrected chi connectivity index (χ0v) is 13.0. The van der Waals surface area contributed by atoms with E-state index in [1.165, 1.54) is 11.3 Å². The first-order valence-electron chi connectivity index (χ1n) is 6.48. The summed E-state index contributed by atoms with van der Waals surface area (Å²) in [5, 5.41) is 1.90. The molecule has 3 rings (SSSR count). The maximum Gasteiger partial charge on any atom is 0.268 e. The maximum atomic E-state index is 11.9. The van der Waals surface area contributed by atoms with Crippen LogP contribution in [0, 0.1) is 5.41 Å². The minimum atomic E-state index is -0.0317. The van der Waals surface area contributed by atoms with E-state index in [2.05, 4.69) is 21.8 Å². The van der Waals surface area contributed by atoms with Crippen LogP contribution >= 0.6 is 23.7 Å². The molecule has 0 radical (unpaired) electrons. The first kappa shape index (κ1) is 15.4. The lowest BCUT2D eigenvalue weighted by Crippen LogP contribution is -2.31. The van der Waals surface area contributed by atoms with E-state index in [1.807, 2.05) is 11.4 Å². The van der Waals surface area contributed by atoms with Crippen molar-refractivity contribution in [1.29, 1.82) is 0 Å². The largest absolute Gasteiger partial charge is 0.330 e. The number of halogens is 1. The minimum absolute atomic E-state index is 0. The molecular formula is C13H19ClN4OS. The highest BCUT2D eigenvalue weighted by Crippen LogP contribution is 2.29. The van der Waals surface area contributed by atoms with E-state index < -0.39 is 0 Å². The number of hydrogen-bond acceptors (Lipinski definition) is 5. The number of rotatable bonds is 3. The van der Waals surface area contributed by atoms with Crippen LogP contribution in [-0.4, -0.2) is 34.5 Å². The monoisotopic (exact) mass is 314 g/mol. The van der Waals surface area contributed by atoms with Crippen molar-refractivity contribution in [2.45, 2.75) is 19.9 Å². The standard InChI is InChI=1S/C13H18N4OS.ClH/c1-13(7-14)3-4-17(8-13)6-10-15-9-2-5-19-11(9)12(18)16-10;/h2,5H,3-4,6-8,14H2,1H3,(H,15,16,18);1H. The number of H-pyrrole nitrogens is 1. The fraction of sp³-hybridized carbons (Fsp3) is 0.538. The molecule has 3 heterocycles. The molecule has 2 aromatic heterocycles. The van der Waals surface area contributed by atoms with Gasteiger partial charge in [0.05, 0.1) is 12.1 Å². The summed E-state index contributed by atoms with van der Waals surface area (Å²) in [6.45, 7) is 5.59. The molecule has 0 amide bonds. The van der Waals surface area contributed by atoms with Crippen molar-refractivity contribution < 1.29 is 0 Å². The summed E-state index contributed by atoms with van der Waals surface area (Å²) in [6, 6.07) is 1.90. The Bertz CT molecular complexity index is 655. The average Bonchev–Trinajstić information content (AvgIpc) is 2.97. The van der Waals surface area contributed by atoms with Gasteiger partial charge in [-0.05, 0) is 36.4 Å². The minimum Gasteiger partial charge on any atom is -0.330 e. The van der Waals surface area contributed by atoms with Gasteiger partial charge in [0.1, 0.15) is 10.5 Å². The highest BCUT2D eigenvalue weighted by molar-refractivity contribution is 7.17. The summed E-state index contributed by atoms with van der Waals surface area (Å²) in [5.41, 5.74) is 6.77. The normalized spacial score (nSPS) is 23.1. The van der Waals surface area contributed by atoms with Gasteiger partial charge in [-0.1, -0.05) is 6.92 Å². The number of aromatic nitrogens is 2. The molecule has 0 spiro atoms. The second-order valence-corrected chi connectivity index (χ2v) is 6.54. The molecule has 5 nitrogen and oxygen atoms in total. The molecule has 0 aliphatic carbocycles. The molecule has 1 fully saturated rings. The van der Waals surface area contributed by atoms with Gasteiger partial charge in [0, 0.05) is 6.54 Å². The van der Waals surface area contributed by atoms with Gasteiger partial charge >= 0.3 is 0 Å². The van der Waals surface area contributed by atoms with Crippen LogP contribution in [0.1, 0.15) is 19.2 Å².